The molecule has 0 aromatic heterocycles. The van der Waals surface area contributed by atoms with Crippen LogP contribution in [0, 0.1) is 13.8 Å². The first-order valence-corrected chi connectivity index (χ1v) is 6.88. The molecule has 1 aromatic rings. The number of nitrogens with one attached hydrogen (secondary N) is 1. The molecule has 1 aliphatic rings. The number of nitrogens with zero attached hydrogens (tertiary/aromatic N) is 1. The van der Waals surface area contributed by atoms with E-state index < -0.39 is 0 Å². The van der Waals surface area contributed by atoms with Gasteiger partial charge in [-0.2, -0.15) is 0 Å². The van der Waals surface area contributed by atoms with Gasteiger partial charge in [-0.15, -0.1) is 0 Å². The van der Waals surface area contributed by atoms with Crippen molar-refractivity contribution in [3.8, 4) is 0 Å². The highest BCUT2D eigenvalue weighted by Gasteiger charge is 2.31. The molecule has 2 rings (SSSR count). The summed E-state index contributed by atoms with van der Waals surface area (Å²) in [6.07, 6.45) is 0.940. The van der Waals surface area contributed by atoms with Gasteiger partial charge >= 0.3 is 0 Å². The van der Waals surface area contributed by atoms with Crippen LogP contribution in [-0.4, -0.2) is 31.1 Å². The number of nitrogens with two attached hydrogens (primary N) is 1. The van der Waals surface area contributed by atoms with Crippen LogP contribution in [0.25, 0.3) is 0 Å². The van der Waals surface area contributed by atoms with Gasteiger partial charge in [-0.3, -0.25) is 4.79 Å². The molecule has 104 valence electrons. The molecule has 19 heavy (non-hydrogen) atoms. The molecule has 1 saturated heterocycles. The number of aryl methyl sites for hydroxylation is 2. The molecule has 2 unspecified atom stereocenters. The fourth-order valence-corrected chi connectivity index (χ4v) is 2.72. The van der Waals surface area contributed by atoms with Gasteiger partial charge in [0.2, 0.25) is 5.91 Å². The molecule has 1 fully saturated rings. The van der Waals surface area contributed by atoms with Crippen LogP contribution in [-0.2, 0) is 4.79 Å². The van der Waals surface area contributed by atoms with Crippen LogP contribution >= 0.6 is 0 Å². The predicted molar refractivity (Wildman–Crippen MR) is 78.3 cm³/mol. The van der Waals surface area contributed by atoms with Crippen LogP contribution in [0.15, 0.2) is 18.2 Å². The molecule has 3 N–H and O–H groups in total. The first-order valence-electron chi connectivity index (χ1n) is 6.88. The van der Waals surface area contributed by atoms with E-state index in [-0.39, 0.29) is 11.9 Å². The van der Waals surface area contributed by atoms with Gasteiger partial charge in [-0.05, 0) is 44.4 Å². The molecule has 2 atom stereocenters. The summed E-state index contributed by atoms with van der Waals surface area (Å²) in [5.41, 5.74) is 9.35. The summed E-state index contributed by atoms with van der Waals surface area (Å²) >= 11 is 0. The number of amides is 1. The monoisotopic (exact) mass is 261 g/mol. The molecule has 4 nitrogen and oxygen atoms in total. The molecule has 4 heteroatoms. The molecule has 1 aliphatic heterocycles. The first kappa shape index (κ1) is 13.9. The van der Waals surface area contributed by atoms with Gasteiger partial charge in [0.1, 0.15) is 6.04 Å². The van der Waals surface area contributed by atoms with Gasteiger partial charge < -0.3 is 16.0 Å². The normalized spacial score (nSPS) is 24.0. The summed E-state index contributed by atoms with van der Waals surface area (Å²) < 4.78 is 0. The third-order valence-electron chi connectivity index (χ3n) is 3.84. The Balaban J connectivity index is 2.47. The Bertz CT molecular complexity index is 472. The van der Waals surface area contributed by atoms with Gasteiger partial charge in [0.15, 0.2) is 0 Å². The van der Waals surface area contributed by atoms with E-state index in [0.717, 1.165) is 18.7 Å². The zero-order chi connectivity index (χ0) is 14.0. The third-order valence-corrected chi connectivity index (χ3v) is 3.84. The molecular weight excluding hydrogens is 238 g/mol. The Morgan fingerprint density at radius 1 is 1.42 bits per heavy atom. The number of hydrogen-bond donors (Lipinski definition) is 2. The molecule has 0 radical (unpaired) electrons. The fraction of sp³-hybridized carbons (Fsp3) is 0.533. The van der Waals surface area contributed by atoms with Crippen molar-refractivity contribution in [2.45, 2.75) is 39.3 Å². The Morgan fingerprint density at radius 3 is 2.84 bits per heavy atom. The maximum atomic E-state index is 12.1. The van der Waals surface area contributed by atoms with Crippen molar-refractivity contribution in [2.75, 3.05) is 18.0 Å². The van der Waals surface area contributed by atoms with Crippen LogP contribution in [0.3, 0.4) is 0 Å². The van der Waals surface area contributed by atoms with Gasteiger partial charge in [-0.25, -0.2) is 0 Å². The highest BCUT2D eigenvalue weighted by Crippen LogP contribution is 2.27. The van der Waals surface area contributed by atoms with Crippen LogP contribution < -0.4 is 16.0 Å². The Hall–Kier alpha value is -1.55. The summed E-state index contributed by atoms with van der Waals surface area (Å²) in [6, 6.07) is 6.37. The van der Waals surface area contributed by atoms with E-state index in [2.05, 4.69) is 49.2 Å². The van der Waals surface area contributed by atoms with Crippen molar-refractivity contribution in [3.05, 3.63) is 29.3 Å². The van der Waals surface area contributed by atoms with E-state index in [1.807, 2.05) is 0 Å². The van der Waals surface area contributed by atoms with Crippen molar-refractivity contribution in [3.63, 3.8) is 0 Å². The van der Waals surface area contributed by atoms with Crippen LogP contribution in [0.4, 0.5) is 5.69 Å². The number of rotatable bonds is 2. The van der Waals surface area contributed by atoms with Crippen molar-refractivity contribution < 1.29 is 4.79 Å². The maximum Gasteiger partial charge on any atom is 0.244 e. The second kappa shape index (κ2) is 5.61. The molecular formula is C15H23N3O. The lowest BCUT2D eigenvalue weighted by Gasteiger charge is -2.36. The smallest absolute Gasteiger partial charge is 0.244 e. The van der Waals surface area contributed by atoms with Gasteiger partial charge in [0, 0.05) is 24.8 Å². The van der Waals surface area contributed by atoms with Crippen molar-refractivity contribution in [2.24, 2.45) is 5.73 Å². The quantitative estimate of drug-likeness (QED) is 0.845. The molecule has 0 saturated carbocycles. The summed E-state index contributed by atoms with van der Waals surface area (Å²) in [5.74, 6) is 0.0350. The predicted octanol–water partition coefficient (Wildman–Crippen LogP) is 1.35. The van der Waals surface area contributed by atoms with E-state index >= 15 is 0 Å². The van der Waals surface area contributed by atoms with E-state index in [4.69, 9.17) is 5.73 Å². The third kappa shape index (κ3) is 2.73. The Kier molecular flexibility index (Phi) is 4.10. The van der Waals surface area contributed by atoms with Crippen molar-refractivity contribution in [1.29, 1.82) is 0 Å². The van der Waals surface area contributed by atoms with Crippen LogP contribution in [0.2, 0.25) is 0 Å². The summed E-state index contributed by atoms with van der Waals surface area (Å²) in [5, 5.41) is 2.95. The lowest BCUT2D eigenvalue weighted by molar-refractivity contribution is -0.121. The molecule has 0 aliphatic carbocycles. The standard InChI is InChI=1S/C15H23N3O/c1-10-4-5-11(2)13(8-10)18-12(3)6-7-17-15(19)14(18)9-16/h4-5,8,12,14H,6-7,9,16H2,1-3H3,(H,17,19). The highest BCUT2D eigenvalue weighted by molar-refractivity contribution is 5.86. The lowest BCUT2D eigenvalue weighted by atomic mass is 10.0. The van der Waals surface area contributed by atoms with Gasteiger partial charge in [0.05, 0.1) is 0 Å². The molecule has 1 amide bonds. The Labute approximate surface area is 115 Å². The minimum atomic E-state index is -0.280. The largest absolute Gasteiger partial charge is 0.355 e. The van der Waals surface area contributed by atoms with Gasteiger partial charge in [0.25, 0.3) is 0 Å². The second-order valence-corrected chi connectivity index (χ2v) is 5.38. The first-order chi connectivity index (χ1) is 9.04. The number of anilines is 1. The SMILES string of the molecule is Cc1ccc(C)c(N2C(C)CCNC(=O)C2CN)c1. The Morgan fingerprint density at radius 2 is 2.16 bits per heavy atom. The molecule has 1 heterocycles. The summed E-state index contributed by atoms with van der Waals surface area (Å²) in [4.78, 5) is 14.3. The van der Waals surface area contributed by atoms with E-state index in [0.29, 0.717) is 12.6 Å². The topological polar surface area (TPSA) is 58.4 Å². The van der Waals surface area contributed by atoms with E-state index in [1.54, 1.807) is 0 Å². The van der Waals surface area contributed by atoms with Gasteiger partial charge in [-0.1, -0.05) is 12.1 Å². The zero-order valence-electron chi connectivity index (χ0n) is 11.9. The number of carbonyl (C=O) groups is 1. The van der Waals surface area contributed by atoms with Crippen LogP contribution in [0.1, 0.15) is 24.5 Å². The summed E-state index contributed by atoms with van der Waals surface area (Å²) in [7, 11) is 0. The van der Waals surface area contributed by atoms with Crippen molar-refractivity contribution in [1.82, 2.24) is 5.32 Å². The average molecular weight is 261 g/mol. The minimum Gasteiger partial charge on any atom is -0.355 e. The van der Waals surface area contributed by atoms with E-state index in [1.165, 1.54) is 11.1 Å². The average Bonchev–Trinajstić information content (AvgIpc) is 2.51. The van der Waals surface area contributed by atoms with E-state index in [9.17, 15) is 4.79 Å². The molecule has 0 spiro atoms. The summed E-state index contributed by atoms with van der Waals surface area (Å²) in [6.45, 7) is 7.37. The van der Waals surface area contributed by atoms with Crippen LogP contribution in [0.5, 0.6) is 0 Å². The highest BCUT2D eigenvalue weighted by atomic mass is 16.2. The number of hydrogen-bond acceptors (Lipinski definition) is 3. The maximum absolute atomic E-state index is 12.1. The number of benzene rings is 1. The van der Waals surface area contributed by atoms with Crippen molar-refractivity contribution >= 4 is 11.6 Å². The zero-order valence-corrected chi connectivity index (χ0v) is 11.9. The molecule has 0 bridgehead atoms. The molecule has 1 aromatic carbocycles. The fourth-order valence-electron chi connectivity index (χ4n) is 2.72. The minimum absolute atomic E-state index is 0.0350. The lowest BCUT2D eigenvalue weighted by Crippen LogP contribution is -2.51. The second-order valence-electron chi connectivity index (χ2n) is 5.38. The number of carbonyl (C=O) groups excluding carboxylic acids is 1.